The van der Waals surface area contributed by atoms with E-state index in [9.17, 15) is 18.3 Å². The van der Waals surface area contributed by atoms with E-state index in [1.54, 1.807) is 57.3 Å². The Kier molecular flexibility index (Phi) is 7.99. The molecule has 4 aromatic heterocycles. The lowest BCUT2D eigenvalue weighted by Crippen LogP contribution is -2.34. The first kappa shape index (κ1) is 31.1. The van der Waals surface area contributed by atoms with Crippen LogP contribution in [0.25, 0.3) is 10.9 Å². The van der Waals surface area contributed by atoms with Crippen molar-refractivity contribution < 1.29 is 32.2 Å². The summed E-state index contributed by atoms with van der Waals surface area (Å²) in [4.78, 5) is 27.1. The van der Waals surface area contributed by atoms with Crippen molar-refractivity contribution in [1.82, 2.24) is 18.9 Å². The molecule has 1 fully saturated rings. The minimum atomic E-state index is -4.08. The molecule has 0 spiro atoms. The maximum atomic E-state index is 15.9. The summed E-state index contributed by atoms with van der Waals surface area (Å²) < 4.78 is 55.2. The van der Waals surface area contributed by atoms with Crippen LogP contribution in [0, 0.1) is 5.95 Å². The van der Waals surface area contributed by atoms with Crippen LogP contribution in [0.2, 0.25) is 0 Å². The van der Waals surface area contributed by atoms with Gasteiger partial charge in [-0.2, -0.15) is 4.39 Å². The van der Waals surface area contributed by atoms with Crippen molar-refractivity contribution in [3.63, 3.8) is 0 Å². The molecule has 1 atom stereocenters. The standard InChI is InChI=1S/C33H32FN5O6S/c1-33(2,3)45-32(41)39(21-12-15-27(44-4)36-18-21)26-14-13-23(31(34)37-26)30(40)24-19-38(46(42,43)22-8-6-5-7-9-22)25-16-17-35-29(28(24)25)20-10-11-20/h5-9,12-20,30,40H,10-11H2,1-4H3. The number of halogens is 1. The summed E-state index contributed by atoms with van der Waals surface area (Å²) in [5, 5.41) is 12.1. The number of nitrogens with zero attached hydrogens (tertiary/aromatic N) is 5. The second kappa shape index (κ2) is 11.8. The number of aromatic nitrogens is 4. The zero-order valence-electron chi connectivity index (χ0n) is 25.6. The third-order valence-electron chi connectivity index (χ3n) is 7.45. The quantitative estimate of drug-likeness (QED) is 0.194. The largest absolute Gasteiger partial charge is 0.481 e. The fourth-order valence-electron chi connectivity index (χ4n) is 5.18. The third-order valence-corrected chi connectivity index (χ3v) is 9.14. The lowest BCUT2D eigenvalue weighted by molar-refractivity contribution is 0.0598. The van der Waals surface area contributed by atoms with Gasteiger partial charge >= 0.3 is 6.09 Å². The van der Waals surface area contributed by atoms with Crippen LogP contribution in [0.4, 0.5) is 20.7 Å². The summed E-state index contributed by atoms with van der Waals surface area (Å²) in [6.07, 6.45) is 3.50. The zero-order valence-corrected chi connectivity index (χ0v) is 26.4. The van der Waals surface area contributed by atoms with E-state index < -0.39 is 33.8 Å². The Morgan fingerprint density at radius 2 is 1.78 bits per heavy atom. The Labute approximate surface area is 265 Å². The fraction of sp³-hybridized carbons (Fsp3) is 0.273. The van der Waals surface area contributed by atoms with Crippen LogP contribution in [-0.4, -0.2) is 51.3 Å². The molecular weight excluding hydrogens is 613 g/mol. The van der Waals surface area contributed by atoms with Crippen molar-refractivity contribution in [3.8, 4) is 5.88 Å². The zero-order chi connectivity index (χ0) is 32.8. The van der Waals surface area contributed by atoms with Gasteiger partial charge in [0.1, 0.15) is 17.5 Å². The monoisotopic (exact) mass is 645 g/mol. The van der Waals surface area contributed by atoms with Crippen LogP contribution in [0.15, 0.2) is 84.1 Å². The van der Waals surface area contributed by atoms with E-state index in [0.29, 0.717) is 22.5 Å². The number of hydrogen-bond acceptors (Lipinski definition) is 9. The molecule has 13 heteroatoms. The Morgan fingerprint density at radius 3 is 2.39 bits per heavy atom. The van der Waals surface area contributed by atoms with Gasteiger partial charge in [-0.05, 0) is 70.0 Å². The van der Waals surface area contributed by atoms with Crippen molar-refractivity contribution in [3.05, 3.63) is 102 Å². The molecule has 0 aliphatic heterocycles. The number of carbonyl (C=O) groups is 1. The van der Waals surface area contributed by atoms with Gasteiger partial charge in [-0.1, -0.05) is 18.2 Å². The Bertz CT molecular complexity index is 2020. The first-order chi connectivity index (χ1) is 21.9. The molecule has 238 valence electrons. The Morgan fingerprint density at radius 1 is 1.04 bits per heavy atom. The minimum Gasteiger partial charge on any atom is -0.481 e. The number of ether oxygens (including phenoxy) is 2. The molecular formula is C33H32FN5O6S. The van der Waals surface area contributed by atoms with Gasteiger partial charge in [-0.25, -0.2) is 32.1 Å². The van der Waals surface area contributed by atoms with Crippen molar-refractivity contribution >= 4 is 38.5 Å². The van der Waals surface area contributed by atoms with Crippen LogP contribution in [0.3, 0.4) is 0 Å². The first-order valence-corrected chi connectivity index (χ1v) is 16.0. The number of rotatable bonds is 8. The van der Waals surface area contributed by atoms with E-state index in [0.717, 1.165) is 21.7 Å². The van der Waals surface area contributed by atoms with E-state index in [1.807, 2.05) is 0 Å². The van der Waals surface area contributed by atoms with E-state index >= 15 is 4.39 Å². The highest BCUT2D eigenvalue weighted by atomic mass is 32.2. The van der Waals surface area contributed by atoms with Gasteiger partial charge in [0.25, 0.3) is 10.0 Å². The Hall–Kier alpha value is -4.88. The smallest absolute Gasteiger partial charge is 0.420 e. The van der Waals surface area contributed by atoms with Crippen LogP contribution in [0.5, 0.6) is 5.88 Å². The molecule has 1 amide bonds. The molecule has 1 aliphatic carbocycles. The second-order valence-corrected chi connectivity index (χ2v) is 13.7. The van der Waals surface area contributed by atoms with Crippen molar-refractivity contribution in [2.45, 2.75) is 56.1 Å². The topological polar surface area (TPSA) is 137 Å². The van der Waals surface area contributed by atoms with Gasteiger partial charge in [-0.15, -0.1) is 0 Å². The molecule has 0 radical (unpaired) electrons. The van der Waals surface area contributed by atoms with Crippen molar-refractivity contribution in [1.29, 1.82) is 0 Å². The lowest BCUT2D eigenvalue weighted by atomic mass is 10.00. The minimum absolute atomic E-state index is 0.0604. The summed E-state index contributed by atoms with van der Waals surface area (Å²) in [5.74, 6) is -0.789. The molecule has 11 nitrogen and oxygen atoms in total. The van der Waals surface area contributed by atoms with Crippen molar-refractivity contribution in [2.24, 2.45) is 0 Å². The van der Waals surface area contributed by atoms with Gasteiger partial charge < -0.3 is 14.6 Å². The molecule has 4 heterocycles. The van der Waals surface area contributed by atoms with Crippen LogP contribution in [0.1, 0.15) is 62.5 Å². The average molecular weight is 646 g/mol. The summed E-state index contributed by atoms with van der Waals surface area (Å²) in [5.41, 5.74) is 0.281. The number of aliphatic hydroxyl groups excluding tert-OH is 1. The highest BCUT2D eigenvalue weighted by molar-refractivity contribution is 7.90. The van der Waals surface area contributed by atoms with E-state index in [2.05, 4.69) is 15.0 Å². The maximum Gasteiger partial charge on any atom is 0.420 e. The molecule has 46 heavy (non-hydrogen) atoms. The van der Waals surface area contributed by atoms with Crippen LogP contribution in [-0.2, 0) is 14.8 Å². The number of anilines is 2. The number of hydrogen-bond donors (Lipinski definition) is 1. The predicted molar refractivity (Wildman–Crippen MR) is 168 cm³/mol. The molecule has 1 unspecified atom stereocenters. The molecule has 1 N–H and O–H groups in total. The number of benzene rings is 1. The highest BCUT2D eigenvalue weighted by Crippen LogP contribution is 2.45. The van der Waals surface area contributed by atoms with E-state index in [4.69, 9.17) is 9.47 Å². The summed E-state index contributed by atoms with van der Waals surface area (Å²) in [6, 6.07) is 15.2. The summed E-state index contributed by atoms with van der Waals surface area (Å²) in [6.45, 7) is 5.09. The van der Waals surface area contributed by atoms with Gasteiger partial charge in [-0.3, -0.25) is 4.98 Å². The SMILES string of the molecule is COc1ccc(N(C(=O)OC(C)(C)C)c2ccc(C(O)c3cn(S(=O)(=O)c4ccccc4)c4ccnc(C5CC5)c34)c(F)n2)cn1. The number of pyridine rings is 3. The molecule has 1 aromatic carbocycles. The average Bonchev–Trinajstić information content (AvgIpc) is 3.80. The number of amides is 1. The summed E-state index contributed by atoms with van der Waals surface area (Å²) >= 11 is 0. The molecule has 0 bridgehead atoms. The van der Waals surface area contributed by atoms with E-state index in [-0.39, 0.29) is 33.4 Å². The molecule has 6 rings (SSSR count). The number of aliphatic hydroxyl groups is 1. The number of fused-ring (bicyclic) bond motifs is 1. The van der Waals surface area contributed by atoms with Crippen LogP contribution < -0.4 is 9.64 Å². The van der Waals surface area contributed by atoms with Crippen LogP contribution >= 0.6 is 0 Å². The number of carbonyl (C=O) groups excluding carboxylic acids is 1. The second-order valence-electron chi connectivity index (χ2n) is 11.9. The van der Waals surface area contributed by atoms with Gasteiger partial charge in [0.05, 0.1) is 35.1 Å². The molecule has 5 aromatic rings. The maximum absolute atomic E-state index is 15.9. The lowest BCUT2D eigenvalue weighted by Gasteiger charge is -2.27. The number of methoxy groups -OCH3 is 1. The molecule has 0 saturated heterocycles. The normalized spacial score (nSPS) is 14.2. The van der Waals surface area contributed by atoms with Gasteiger partial charge in [0.2, 0.25) is 11.8 Å². The van der Waals surface area contributed by atoms with Gasteiger partial charge in [0, 0.05) is 40.9 Å². The summed E-state index contributed by atoms with van der Waals surface area (Å²) in [7, 11) is -2.62. The third kappa shape index (κ3) is 5.90. The fourth-order valence-corrected chi connectivity index (χ4v) is 6.57. The Balaban J connectivity index is 1.45. The highest BCUT2D eigenvalue weighted by Gasteiger charge is 2.34. The van der Waals surface area contributed by atoms with Crippen molar-refractivity contribution in [2.75, 3.05) is 12.0 Å². The molecule has 1 aliphatic rings. The van der Waals surface area contributed by atoms with E-state index in [1.165, 1.54) is 49.8 Å². The van der Waals surface area contributed by atoms with Gasteiger partial charge in [0.15, 0.2) is 0 Å². The predicted octanol–water partition coefficient (Wildman–Crippen LogP) is 6.24. The molecule has 1 saturated carbocycles. The first-order valence-electron chi connectivity index (χ1n) is 14.6.